The second-order valence-electron chi connectivity index (χ2n) is 14.1. The molecule has 2 unspecified atom stereocenters. The van der Waals surface area contributed by atoms with Gasteiger partial charge in [-0.2, -0.15) is 0 Å². The highest BCUT2D eigenvalue weighted by atomic mass is 32.2. The largest absolute Gasteiger partial charge is 0.346 e. The van der Waals surface area contributed by atoms with Crippen LogP contribution in [0.5, 0.6) is 0 Å². The van der Waals surface area contributed by atoms with Crippen LogP contribution in [-0.4, -0.2) is 84.6 Å². The molecule has 0 aromatic heterocycles. The summed E-state index contributed by atoms with van der Waals surface area (Å²) in [4.78, 5) is 66.7. The van der Waals surface area contributed by atoms with Gasteiger partial charge in [0.2, 0.25) is 11.7 Å². The Bertz CT molecular complexity index is 1340. The normalized spacial score (nSPS) is 20.8. The van der Waals surface area contributed by atoms with E-state index in [-0.39, 0.29) is 42.3 Å². The molecule has 3 aliphatic rings. The van der Waals surface area contributed by atoms with E-state index >= 15 is 0 Å². The van der Waals surface area contributed by atoms with E-state index in [1.165, 1.54) is 11.0 Å². The van der Waals surface area contributed by atoms with Crippen LogP contribution in [0.15, 0.2) is 23.9 Å². The first-order valence-corrected chi connectivity index (χ1v) is 17.6. The molecule has 252 valence electrons. The van der Waals surface area contributed by atoms with Crippen molar-refractivity contribution in [2.24, 2.45) is 11.3 Å². The molecule has 2 aliphatic carbocycles. The Hall–Kier alpha value is -3.22. The third kappa shape index (κ3) is 8.33. The number of nitrogens with one attached hydrogen (secondary N) is 4. The Morgan fingerprint density at radius 1 is 1.07 bits per heavy atom. The maximum atomic E-state index is 13.6. The Balaban J connectivity index is 1.71. The summed E-state index contributed by atoms with van der Waals surface area (Å²) in [6.07, 6.45) is 6.63. The Kier molecular flexibility index (Phi) is 11.3. The first-order valence-electron chi connectivity index (χ1n) is 16.0. The number of Topliss-reactive ketones (excluding diaryl/α,β-unsaturated/α-hetero) is 1. The first kappa shape index (κ1) is 36.3. The number of amides is 5. The molecule has 3 rings (SSSR count). The third-order valence-electron chi connectivity index (χ3n) is 9.32. The molecule has 0 saturated heterocycles. The van der Waals surface area contributed by atoms with Gasteiger partial charge in [-0.25, -0.2) is 13.2 Å². The lowest BCUT2D eigenvalue weighted by Gasteiger charge is -2.39. The number of ketones is 1. The van der Waals surface area contributed by atoms with Gasteiger partial charge < -0.3 is 26.2 Å². The third-order valence-corrected chi connectivity index (χ3v) is 12.1. The number of fused-ring (bicyclic) bond motifs is 1. The predicted molar refractivity (Wildman–Crippen MR) is 172 cm³/mol. The molecule has 0 aromatic carbocycles. The average molecular weight is 650 g/mol. The van der Waals surface area contributed by atoms with Crippen LogP contribution in [0, 0.1) is 11.3 Å². The van der Waals surface area contributed by atoms with E-state index in [9.17, 15) is 32.4 Å². The van der Waals surface area contributed by atoms with Crippen LogP contribution < -0.4 is 21.3 Å². The highest BCUT2D eigenvalue weighted by Crippen LogP contribution is 2.63. The first-order chi connectivity index (χ1) is 20.9. The zero-order valence-electron chi connectivity index (χ0n) is 27.6. The Morgan fingerprint density at radius 3 is 2.29 bits per heavy atom. The van der Waals surface area contributed by atoms with Gasteiger partial charge in [-0.05, 0) is 51.0 Å². The van der Waals surface area contributed by atoms with Crippen molar-refractivity contribution >= 4 is 39.4 Å². The van der Waals surface area contributed by atoms with E-state index < -0.39 is 62.2 Å². The molecular weight excluding hydrogens is 598 g/mol. The molecule has 0 aromatic rings. The van der Waals surface area contributed by atoms with Gasteiger partial charge >= 0.3 is 6.03 Å². The molecule has 5 amide bonds. The van der Waals surface area contributed by atoms with Gasteiger partial charge in [0.25, 0.3) is 11.8 Å². The van der Waals surface area contributed by atoms with Gasteiger partial charge in [0.15, 0.2) is 9.84 Å². The monoisotopic (exact) mass is 649 g/mol. The van der Waals surface area contributed by atoms with Crippen LogP contribution in [0.4, 0.5) is 4.79 Å². The van der Waals surface area contributed by atoms with Gasteiger partial charge in [0.1, 0.15) is 5.70 Å². The second-order valence-corrected chi connectivity index (χ2v) is 16.8. The van der Waals surface area contributed by atoms with Gasteiger partial charge in [-0.3, -0.25) is 19.2 Å². The van der Waals surface area contributed by atoms with E-state index in [1.807, 2.05) is 20.8 Å². The van der Waals surface area contributed by atoms with Crippen molar-refractivity contribution in [2.45, 2.75) is 109 Å². The number of urea groups is 1. The van der Waals surface area contributed by atoms with Crippen LogP contribution in [0.25, 0.3) is 0 Å². The molecule has 2 fully saturated rings. The minimum Gasteiger partial charge on any atom is -0.346 e. The van der Waals surface area contributed by atoms with Crippen LogP contribution >= 0.6 is 0 Å². The van der Waals surface area contributed by atoms with E-state index in [2.05, 4.69) is 27.8 Å². The molecule has 0 spiro atoms. The molecule has 4 N–H and O–H groups in total. The number of hydrogen-bond donors (Lipinski definition) is 4. The maximum Gasteiger partial charge on any atom is 0.315 e. The lowest BCUT2D eigenvalue weighted by molar-refractivity contribution is -0.140. The van der Waals surface area contributed by atoms with Gasteiger partial charge in [0.05, 0.1) is 28.6 Å². The highest BCUT2D eigenvalue weighted by molar-refractivity contribution is 7.92. The summed E-state index contributed by atoms with van der Waals surface area (Å²) in [6.45, 7) is 14.3. The molecule has 0 radical (unpaired) electrons. The molecule has 2 atom stereocenters. The predicted octanol–water partition coefficient (Wildman–Crippen LogP) is 2.50. The quantitative estimate of drug-likeness (QED) is 0.165. The molecule has 1 aliphatic heterocycles. The number of nitrogens with zero attached hydrogens (tertiary/aromatic N) is 1. The maximum absolute atomic E-state index is 13.6. The van der Waals surface area contributed by atoms with E-state index in [0.29, 0.717) is 19.3 Å². The van der Waals surface area contributed by atoms with Crippen LogP contribution in [-0.2, 0) is 29.0 Å². The summed E-state index contributed by atoms with van der Waals surface area (Å²) < 4.78 is 25.2. The summed E-state index contributed by atoms with van der Waals surface area (Å²) in [6, 6.07) is -1.71. The van der Waals surface area contributed by atoms with Gasteiger partial charge in [-0.1, -0.05) is 59.0 Å². The minimum atomic E-state index is -3.53. The van der Waals surface area contributed by atoms with E-state index in [1.54, 1.807) is 20.8 Å². The average Bonchev–Trinajstić information content (AvgIpc) is 3.27. The fraction of sp³-hybridized carbons (Fsp3) is 0.719. The number of carbonyl (C=O) groups is 5. The summed E-state index contributed by atoms with van der Waals surface area (Å²) in [7, 11) is -3.53. The van der Waals surface area contributed by atoms with Crippen LogP contribution in [0.2, 0.25) is 0 Å². The van der Waals surface area contributed by atoms with Crippen molar-refractivity contribution in [2.75, 3.05) is 25.4 Å². The Morgan fingerprint density at radius 2 is 1.71 bits per heavy atom. The Labute approximate surface area is 267 Å². The molecular formula is C32H51N5O7S. The molecule has 12 nitrogen and oxygen atoms in total. The lowest BCUT2D eigenvalue weighted by Crippen LogP contribution is -2.59. The number of unbranched alkanes of at least 4 members (excludes halogenated alkanes) is 1. The molecule has 2 saturated carbocycles. The standard InChI is InChI=1S/C32H51N5O7S/c1-8-10-14-22(26(39)28(41)33-17-9-2)35-27(40)25-24-21(31(24,6)7)19-37(25)23(38)18-34-29(42)36-32(15-12-11-13-16-32)20-45(43,44)30(3,4)5/h9,21-22H,2,8,10-20H2,1,3-7H3,(H,33,41)(H,35,40)(H2,34,36,42). The number of rotatable bonds is 14. The second kappa shape index (κ2) is 14.0. The SMILES string of the molecule is C=CCNC(=O)C(=O)C(CCCC)NC(=O)C1=C2C(CN1C(=O)CNC(=O)NC1(CS(=O)(=O)C(C)(C)C)CCCCC1)C2(C)C. The fourth-order valence-electron chi connectivity index (χ4n) is 6.28. The van der Waals surface area contributed by atoms with Crippen molar-refractivity contribution in [3.63, 3.8) is 0 Å². The van der Waals surface area contributed by atoms with Gasteiger partial charge in [-0.15, -0.1) is 6.58 Å². The van der Waals surface area contributed by atoms with Crippen molar-refractivity contribution in [1.82, 2.24) is 26.2 Å². The molecule has 1 heterocycles. The number of sulfone groups is 1. The van der Waals surface area contributed by atoms with Crippen LogP contribution in [0.3, 0.4) is 0 Å². The van der Waals surface area contributed by atoms with Crippen molar-refractivity contribution in [3.05, 3.63) is 23.9 Å². The fourth-order valence-corrected chi connectivity index (χ4v) is 7.81. The van der Waals surface area contributed by atoms with E-state index in [4.69, 9.17) is 0 Å². The smallest absolute Gasteiger partial charge is 0.315 e. The topological polar surface area (TPSA) is 171 Å². The number of carbonyl (C=O) groups excluding carboxylic acids is 5. The number of hydrogen-bond acceptors (Lipinski definition) is 7. The summed E-state index contributed by atoms with van der Waals surface area (Å²) in [5, 5.41) is 10.6. The van der Waals surface area contributed by atoms with Crippen molar-refractivity contribution in [1.29, 1.82) is 0 Å². The van der Waals surface area contributed by atoms with Crippen molar-refractivity contribution < 1.29 is 32.4 Å². The molecule has 0 bridgehead atoms. The molecule has 13 heteroatoms. The summed E-state index contributed by atoms with van der Waals surface area (Å²) in [5.74, 6) is -2.94. The summed E-state index contributed by atoms with van der Waals surface area (Å²) >= 11 is 0. The lowest BCUT2D eigenvalue weighted by atomic mass is 9.83. The van der Waals surface area contributed by atoms with Crippen molar-refractivity contribution in [3.8, 4) is 0 Å². The summed E-state index contributed by atoms with van der Waals surface area (Å²) in [5.41, 5.74) is -0.283. The zero-order valence-corrected chi connectivity index (χ0v) is 28.5. The van der Waals surface area contributed by atoms with E-state index in [0.717, 1.165) is 31.3 Å². The van der Waals surface area contributed by atoms with Gasteiger partial charge in [0, 0.05) is 19.0 Å². The highest BCUT2D eigenvalue weighted by Gasteiger charge is 2.61. The zero-order chi connectivity index (χ0) is 33.8. The minimum absolute atomic E-state index is 0.0372. The van der Waals surface area contributed by atoms with Crippen LogP contribution in [0.1, 0.15) is 92.9 Å². The molecule has 45 heavy (non-hydrogen) atoms.